The van der Waals surface area contributed by atoms with Crippen LogP contribution in [0.4, 0.5) is 10.1 Å². The van der Waals surface area contributed by atoms with Gasteiger partial charge in [0.15, 0.2) is 11.9 Å². The standard InChI is InChI=1S/C32H39FN2O6/c1-20-4-13-26-21(2)29(38-30-32(26)27(20)19-31(3,39-30)40-41-32)37-25-11-5-22(6-12-25)18-28(36)35-16-14-34(15-17-35)24-9-7-23(33)8-10-24/h5-12,20-21,26-27,29-30H,4,13-19H2,1-3H3/t20-,21-,26?,27?,29+,30-,31+,32+/m1/s1. The summed E-state index contributed by atoms with van der Waals surface area (Å²) < 4.78 is 32.4. The van der Waals surface area contributed by atoms with Crippen LogP contribution in [0.15, 0.2) is 48.5 Å². The summed E-state index contributed by atoms with van der Waals surface area (Å²) in [6.07, 6.45) is 2.30. The number of rotatable bonds is 5. The first kappa shape index (κ1) is 27.1. The minimum Gasteiger partial charge on any atom is -0.465 e. The van der Waals surface area contributed by atoms with E-state index in [1.807, 2.05) is 36.1 Å². The van der Waals surface area contributed by atoms with Crippen LogP contribution in [-0.2, 0) is 30.5 Å². The van der Waals surface area contributed by atoms with Gasteiger partial charge in [-0.15, -0.1) is 0 Å². The Hall–Kier alpha value is -2.72. The molecule has 0 N–H and O–H groups in total. The SMILES string of the molecule is C[C@@H]1CCC2[C@@H](C)[C@@H](Oc3ccc(CC(=O)N4CCN(c5ccc(F)cc5)CC4)cc3)O[C@@H]3O[C@]4(C)CC1[C@@]23OO4. The lowest BCUT2D eigenvalue weighted by atomic mass is 9.56. The Kier molecular flexibility index (Phi) is 6.77. The lowest BCUT2D eigenvalue weighted by Crippen LogP contribution is -2.76. The molecule has 1 spiro atoms. The highest BCUT2D eigenvalue weighted by atomic mass is 19.1. The lowest BCUT2D eigenvalue weighted by molar-refractivity contribution is -0.614. The van der Waals surface area contributed by atoms with Crippen molar-refractivity contribution in [3.05, 3.63) is 59.9 Å². The zero-order valence-electron chi connectivity index (χ0n) is 24.0. The maximum Gasteiger partial charge on any atom is 0.227 e. The summed E-state index contributed by atoms with van der Waals surface area (Å²) in [5.41, 5.74) is 1.33. The van der Waals surface area contributed by atoms with Gasteiger partial charge in [-0.3, -0.25) is 4.79 Å². The number of piperazine rings is 1. The molecule has 2 bridgehead atoms. The number of fused-ring (bicyclic) bond motifs is 1. The Bertz CT molecular complexity index is 1270. The van der Waals surface area contributed by atoms with E-state index in [1.165, 1.54) is 12.1 Å². The van der Waals surface area contributed by atoms with Gasteiger partial charge < -0.3 is 24.0 Å². The molecule has 5 aliphatic heterocycles. The third kappa shape index (κ3) is 4.71. The fourth-order valence-corrected chi connectivity index (χ4v) is 7.79. The van der Waals surface area contributed by atoms with Crippen LogP contribution in [0.3, 0.4) is 0 Å². The number of hydrogen-bond acceptors (Lipinski definition) is 7. The van der Waals surface area contributed by atoms with E-state index in [9.17, 15) is 9.18 Å². The summed E-state index contributed by atoms with van der Waals surface area (Å²) in [5.74, 6) is 0.895. The Morgan fingerprint density at radius 3 is 2.44 bits per heavy atom. The average molecular weight is 567 g/mol. The molecule has 1 amide bonds. The molecule has 8 atom stereocenters. The largest absolute Gasteiger partial charge is 0.465 e. The van der Waals surface area contributed by atoms with Gasteiger partial charge in [0.05, 0.1) is 6.42 Å². The molecule has 0 aromatic heterocycles. The van der Waals surface area contributed by atoms with Crippen LogP contribution >= 0.6 is 0 Å². The maximum absolute atomic E-state index is 13.2. The quantitative estimate of drug-likeness (QED) is 0.476. The number of anilines is 1. The molecule has 2 aromatic carbocycles. The second kappa shape index (κ2) is 10.2. The highest BCUT2D eigenvalue weighted by molar-refractivity contribution is 5.79. The number of hydrogen-bond donors (Lipinski definition) is 0. The number of carbonyl (C=O) groups excluding carboxylic acids is 1. The summed E-state index contributed by atoms with van der Waals surface area (Å²) in [6, 6.07) is 14.2. The van der Waals surface area contributed by atoms with Gasteiger partial charge in [-0.25, -0.2) is 14.2 Å². The first-order valence-corrected chi connectivity index (χ1v) is 15.0. The van der Waals surface area contributed by atoms with Crippen molar-refractivity contribution in [3.8, 4) is 5.75 Å². The van der Waals surface area contributed by atoms with Crippen LogP contribution in [-0.4, -0.2) is 61.0 Å². The second-order valence-electron chi connectivity index (χ2n) is 12.7. The van der Waals surface area contributed by atoms with Crippen molar-refractivity contribution in [2.24, 2.45) is 23.7 Å². The van der Waals surface area contributed by atoms with E-state index < -0.39 is 24.0 Å². The minimum absolute atomic E-state index is 0.0886. The van der Waals surface area contributed by atoms with Crippen molar-refractivity contribution in [1.82, 2.24) is 4.90 Å². The normalized spacial score (nSPS) is 38.0. The maximum atomic E-state index is 13.2. The van der Waals surface area contributed by atoms with Crippen LogP contribution < -0.4 is 9.64 Å². The highest BCUT2D eigenvalue weighted by Crippen LogP contribution is 2.62. The number of benzene rings is 2. The van der Waals surface area contributed by atoms with Gasteiger partial charge >= 0.3 is 0 Å². The predicted molar refractivity (Wildman–Crippen MR) is 148 cm³/mol. The minimum atomic E-state index is -0.805. The first-order chi connectivity index (χ1) is 19.7. The molecule has 8 rings (SSSR count). The first-order valence-electron chi connectivity index (χ1n) is 15.0. The van der Waals surface area contributed by atoms with Crippen molar-refractivity contribution >= 4 is 11.6 Å². The molecule has 5 saturated heterocycles. The van der Waals surface area contributed by atoms with Crippen LogP contribution in [0.25, 0.3) is 0 Å². The Labute approximate surface area is 240 Å². The van der Waals surface area contributed by atoms with E-state index in [0.29, 0.717) is 37.1 Å². The van der Waals surface area contributed by atoms with E-state index in [4.69, 9.17) is 24.0 Å². The molecular formula is C32H39FN2O6. The molecular weight excluding hydrogens is 527 g/mol. The monoisotopic (exact) mass is 566 g/mol. The molecule has 8 nitrogen and oxygen atoms in total. The summed E-state index contributed by atoms with van der Waals surface area (Å²) in [4.78, 5) is 29.0. The van der Waals surface area contributed by atoms with E-state index in [-0.39, 0.29) is 23.6 Å². The van der Waals surface area contributed by atoms with E-state index >= 15 is 0 Å². The number of nitrogens with zero attached hydrogens (tertiary/aromatic N) is 2. The van der Waals surface area contributed by atoms with Gasteiger partial charge in [0.2, 0.25) is 18.0 Å². The van der Waals surface area contributed by atoms with E-state index in [0.717, 1.165) is 43.6 Å². The number of carbonyl (C=O) groups is 1. The van der Waals surface area contributed by atoms with Crippen LogP contribution in [0, 0.1) is 29.5 Å². The zero-order valence-corrected chi connectivity index (χ0v) is 24.0. The molecule has 2 unspecified atom stereocenters. The van der Waals surface area contributed by atoms with Crippen molar-refractivity contribution in [2.45, 2.75) is 70.4 Å². The number of amides is 1. The molecule has 1 aliphatic carbocycles. The summed E-state index contributed by atoms with van der Waals surface area (Å²) in [5, 5.41) is 0. The fourth-order valence-electron chi connectivity index (χ4n) is 7.79. The molecule has 1 saturated carbocycles. The fraction of sp³-hybridized carbons (Fsp3) is 0.594. The zero-order chi connectivity index (χ0) is 28.4. The molecule has 220 valence electrons. The van der Waals surface area contributed by atoms with E-state index in [1.54, 1.807) is 12.1 Å². The predicted octanol–water partition coefficient (Wildman–Crippen LogP) is 4.91. The summed E-state index contributed by atoms with van der Waals surface area (Å²) in [7, 11) is 0. The smallest absolute Gasteiger partial charge is 0.227 e. The number of ether oxygens (including phenoxy) is 3. The average Bonchev–Trinajstić information content (AvgIpc) is 2.97. The molecule has 5 heterocycles. The van der Waals surface area contributed by atoms with Gasteiger partial charge in [-0.1, -0.05) is 26.0 Å². The second-order valence-corrected chi connectivity index (χ2v) is 12.7. The third-order valence-electron chi connectivity index (χ3n) is 10.1. The van der Waals surface area contributed by atoms with Gasteiger partial charge in [-0.05, 0) is 67.6 Å². The van der Waals surface area contributed by atoms with Crippen molar-refractivity contribution in [2.75, 3.05) is 31.1 Å². The van der Waals surface area contributed by atoms with Crippen molar-refractivity contribution in [1.29, 1.82) is 0 Å². The van der Waals surface area contributed by atoms with Crippen LogP contribution in [0.5, 0.6) is 5.75 Å². The highest BCUT2D eigenvalue weighted by Gasteiger charge is 2.72. The number of halogens is 1. The molecule has 9 heteroatoms. The molecule has 6 fully saturated rings. The van der Waals surface area contributed by atoms with Crippen molar-refractivity contribution in [3.63, 3.8) is 0 Å². The van der Waals surface area contributed by atoms with Crippen molar-refractivity contribution < 1.29 is 33.2 Å². The lowest BCUT2D eigenvalue weighted by Gasteiger charge is -2.66. The molecule has 2 aromatic rings. The summed E-state index contributed by atoms with van der Waals surface area (Å²) in [6.45, 7) is 9.14. The van der Waals surface area contributed by atoms with Crippen LogP contribution in [0.2, 0.25) is 0 Å². The molecule has 41 heavy (non-hydrogen) atoms. The van der Waals surface area contributed by atoms with Gasteiger partial charge in [0.25, 0.3) is 0 Å². The Morgan fingerprint density at radius 1 is 0.976 bits per heavy atom. The Morgan fingerprint density at radius 2 is 1.71 bits per heavy atom. The van der Waals surface area contributed by atoms with Gasteiger partial charge in [0, 0.05) is 56.0 Å². The van der Waals surface area contributed by atoms with Crippen LogP contribution in [0.1, 0.15) is 45.6 Å². The molecule has 6 aliphatic rings. The van der Waals surface area contributed by atoms with Gasteiger partial charge in [-0.2, -0.15) is 0 Å². The summed E-state index contributed by atoms with van der Waals surface area (Å²) >= 11 is 0. The van der Waals surface area contributed by atoms with Gasteiger partial charge in [0.1, 0.15) is 11.6 Å². The third-order valence-corrected chi connectivity index (χ3v) is 10.1. The topological polar surface area (TPSA) is 69.7 Å². The van der Waals surface area contributed by atoms with E-state index in [2.05, 4.69) is 18.7 Å². The molecule has 0 radical (unpaired) electrons. The Balaban J connectivity index is 0.964.